The summed E-state index contributed by atoms with van der Waals surface area (Å²) in [6.07, 6.45) is -6.85. The Balaban J connectivity index is 2.95. The number of alkyl halides is 5. The van der Waals surface area contributed by atoms with E-state index in [-0.39, 0.29) is 5.95 Å². The predicted molar refractivity (Wildman–Crippen MR) is 57.3 cm³/mol. The summed E-state index contributed by atoms with van der Waals surface area (Å²) in [5.74, 6) is -0.845. The normalized spacial score (nSPS) is 11.7. The molecule has 1 N–H and O–H groups in total. The molecule has 1 rings (SSSR count). The Morgan fingerprint density at radius 2 is 2.00 bits per heavy atom. The molecule has 108 valence electrons. The Bertz CT molecular complexity index is 411. The first-order chi connectivity index (χ1) is 8.82. The average molecular weight is 285 g/mol. The molecule has 0 saturated heterocycles. The summed E-state index contributed by atoms with van der Waals surface area (Å²) in [5, 5.41) is 2.55. The van der Waals surface area contributed by atoms with Crippen molar-refractivity contribution in [3.8, 4) is 5.88 Å². The van der Waals surface area contributed by atoms with Gasteiger partial charge in [0.1, 0.15) is 0 Å². The lowest BCUT2D eigenvalue weighted by Gasteiger charge is -2.11. The van der Waals surface area contributed by atoms with Gasteiger partial charge in [0.25, 0.3) is 6.43 Å². The molecule has 0 aliphatic rings. The molecule has 0 radical (unpaired) electrons. The van der Waals surface area contributed by atoms with Crippen molar-refractivity contribution >= 4 is 5.95 Å². The topological polar surface area (TPSA) is 47.0 Å². The molecule has 0 unspecified atom stereocenters. The van der Waals surface area contributed by atoms with Crippen molar-refractivity contribution in [1.29, 1.82) is 0 Å². The molecule has 4 nitrogen and oxygen atoms in total. The molecule has 0 spiro atoms. The lowest BCUT2D eigenvalue weighted by Crippen LogP contribution is -2.15. The van der Waals surface area contributed by atoms with Crippen LogP contribution in [-0.4, -0.2) is 29.5 Å². The van der Waals surface area contributed by atoms with E-state index >= 15 is 0 Å². The summed E-state index contributed by atoms with van der Waals surface area (Å²) in [6.45, 7) is 1.13. The first kappa shape index (κ1) is 15.4. The van der Waals surface area contributed by atoms with Crippen LogP contribution in [0.2, 0.25) is 0 Å². The monoisotopic (exact) mass is 285 g/mol. The maximum atomic E-state index is 12.5. The first-order valence-corrected chi connectivity index (χ1v) is 5.44. The molecular formula is C10H12F5N3O. The van der Waals surface area contributed by atoms with Gasteiger partial charge in [0.15, 0.2) is 12.3 Å². The van der Waals surface area contributed by atoms with Crippen molar-refractivity contribution in [3.63, 3.8) is 0 Å². The van der Waals surface area contributed by atoms with Gasteiger partial charge >= 0.3 is 6.18 Å². The third-order valence-corrected chi connectivity index (χ3v) is 1.88. The summed E-state index contributed by atoms with van der Waals surface area (Å²) in [5.41, 5.74) is -1.25. The summed E-state index contributed by atoms with van der Waals surface area (Å²) in [4.78, 5) is 6.83. The van der Waals surface area contributed by atoms with Crippen LogP contribution in [0.1, 0.15) is 19.0 Å². The van der Waals surface area contributed by atoms with Crippen LogP contribution in [0, 0.1) is 0 Å². The molecule has 1 aromatic heterocycles. The number of hydrogen-bond donors (Lipinski definition) is 1. The zero-order chi connectivity index (χ0) is 14.5. The molecule has 0 saturated carbocycles. The molecule has 0 atom stereocenters. The maximum absolute atomic E-state index is 12.5. The Kier molecular flexibility index (Phi) is 5.25. The van der Waals surface area contributed by atoms with Crippen LogP contribution in [0.3, 0.4) is 0 Å². The molecule has 9 heteroatoms. The van der Waals surface area contributed by atoms with Gasteiger partial charge in [0.05, 0.1) is 0 Å². The predicted octanol–water partition coefficient (Wildman–Crippen LogP) is 2.96. The van der Waals surface area contributed by atoms with Gasteiger partial charge in [-0.3, -0.25) is 0 Å². The summed E-state index contributed by atoms with van der Waals surface area (Å²) in [6, 6.07) is 0.486. The van der Waals surface area contributed by atoms with Crippen molar-refractivity contribution in [3.05, 3.63) is 11.8 Å². The van der Waals surface area contributed by atoms with E-state index in [0.29, 0.717) is 19.0 Å². The molecule has 0 fully saturated rings. The van der Waals surface area contributed by atoms with Crippen LogP contribution in [0.15, 0.2) is 6.07 Å². The molecule has 0 amide bonds. The van der Waals surface area contributed by atoms with Gasteiger partial charge in [-0.05, 0) is 6.42 Å². The van der Waals surface area contributed by atoms with Gasteiger partial charge in [-0.15, -0.1) is 0 Å². The van der Waals surface area contributed by atoms with E-state index in [1.165, 1.54) is 0 Å². The van der Waals surface area contributed by atoms with E-state index in [1.807, 2.05) is 0 Å². The largest absolute Gasteiger partial charge is 0.471 e. The molecule has 0 aliphatic heterocycles. The standard InChI is InChI=1S/C10H12F5N3O/c1-2-3-16-9-17-6(10(13,14)15)4-8(18-9)19-5-7(11)12/h4,7H,2-3,5H2,1H3,(H,16,17,18). The quantitative estimate of drug-likeness (QED) is 0.816. The highest BCUT2D eigenvalue weighted by Gasteiger charge is 2.34. The lowest BCUT2D eigenvalue weighted by molar-refractivity contribution is -0.141. The number of rotatable bonds is 6. The Labute approximate surface area is 106 Å². The third kappa shape index (κ3) is 5.23. The minimum Gasteiger partial charge on any atom is -0.471 e. The van der Waals surface area contributed by atoms with Crippen LogP contribution >= 0.6 is 0 Å². The summed E-state index contributed by atoms with van der Waals surface area (Å²) >= 11 is 0. The second-order valence-electron chi connectivity index (χ2n) is 3.54. The summed E-state index contributed by atoms with van der Waals surface area (Å²) < 4.78 is 66.0. The number of ether oxygens (including phenoxy) is 1. The molecule has 1 aromatic rings. The van der Waals surface area contributed by atoms with Crippen LogP contribution in [0.25, 0.3) is 0 Å². The third-order valence-electron chi connectivity index (χ3n) is 1.88. The zero-order valence-corrected chi connectivity index (χ0v) is 9.97. The van der Waals surface area contributed by atoms with Crippen LogP contribution in [-0.2, 0) is 6.18 Å². The minimum atomic E-state index is -4.70. The van der Waals surface area contributed by atoms with Gasteiger partial charge in [0, 0.05) is 12.6 Å². The zero-order valence-electron chi connectivity index (χ0n) is 9.97. The van der Waals surface area contributed by atoms with E-state index in [2.05, 4.69) is 20.0 Å². The molecule has 1 heterocycles. The van der Waals surface area contributed by atoms with Crippen LogP contribution in [0.5, 0.6) is 5.88 Å². The van der Waals surface area contributed by atoms with E-state index < -0.39 is 30.8 Å². The van der Waals surface area contributed by atoms with Gasteiger partial charge in [-0.2, -0.15) is 18.2 Å². The van der Waals surface area contributed by atoms with Crippen molar-refractivity contribution in [2.45, 2.75) is 25.9 Å². The van der Waals surface area contributed by atoms with Crippen LogP contribution < -0.4 is 10.1 Å². The molecular weight excluding hydrogens is 273 g/mol. The number of aromatic nitrogens is 2. The number of nitrogens with one attached hydrogen (secondary N) is 1. The number of nitrogens with zero attached hydrogens (tertiary/aromatic N) is 2. The highest BCUT2D eigenvalue weighted by molar-refractivity contribution is 5.31. The second-order valence-corrected chi connectivity index (χ2v) is 3.54. The summed E-state index contributed by atoms with van der Waals surface area (Å²) in [7, 11) is 0. The first-order valence-electron chi connectivity index (χ1n) is 5.44. The van der Waals surface area contributed by atoms with Crippen molar-refractivity contribution in [2.24, 2.45) is 0 Å². The fourth-order valence-corrected chi connectivity index (χ4v) is 1.11. The fraction of sp³-hybridized carbons (Fsp3) is 0.600. The van der Waals surface area contributed by atoms with Gasteiger partial charge in [-0.1, -0.05) is 6.92 Å². The highest BCUT2D eigenvalue weighted by atomic mass is 19.4. The van der Waals surface area contributed by atoms with Crippen molar-refractivity contribution < 1.29 is 26.7 Å². The van der Waals surface area contributed by atoms with Crippen LogP contribution in [0.4, 0.5) is 27.9 Å². The lowest BCUT2D eigenvalue weighted by atomic mass is 10.4. The van der Waals surface area contributed by atoms with E-state index in [4.69, 9.17) is 0 Å². The molecule has 0 aliphatic carbocycles. The fourth-order valence-electron chi connectivity index (χ4n) is 1.11. The number of anilines is 1. The maximum Gasteiger partial charge on any atom is 0.433 e. The SMILES string of the molecule is CCCNc1nc(OCC(F)F)cc(C(F)(F)F)n1. The second kappa shape index (κ2) is 6.48. The average Bonchev–Trinajstić information content (AvgIpc) is 2.32. The Hall–Kier alpha value is -1.67. The minimum absolute atomic E-state index is 0.305. The van der Waals surface area contributed by atoms with E-state index in [1.54, 1.807) is 6.92 Å². The number of hydrogen-bond acceptors (Lipinski definition) is 4. The Morgan fingerprint density at radius 3 is 2.53 bits per heavy atom. The molecule has 0 bridgehead atoms. The molecule has 0 aromatic carbocycles. The highest BCUT2D eigenvalue weighted by Crippen LogP contribution is 2.30. The van der Waals surface area contributed by atoms with Gasteiger partial charge in [-0.25, -0.2) is 13.8 Å². The van der Waals surface area contributed by atoms with E-state index in [0.717, 1.165) is 0 Å². The van der Waals surface area contributed by atoms with Crippen molar-refractivity contribution in [1.82, 2.24) is 9.97 Å². The Morgan fingerprint density at radius 1 is 1.32 bits per heavy atom. The number of halogens is 5. The van der Waals surface area contributed by atoms with Gasteiger partial charge in [0.2, 0.25) is 11.8 Å². The van der Waals surface area contributed by atoms with Crippen molar-refractivity contribution in [2.75, 3.05) is 18.5 Å². The smallest absolute Gasteiger partial charge is 0.433 e. The van der Waals surface area contributed by atoms with E-state index in [9.17, 15) is 22.0 Å². The van der Waals surface area contributed by atoms with Gasteiger partial charge < -0.3 is 10.1 Å². The molecule has 19 heavy (non-hydrogen) atoms.